The predicted octanol–water partition coefficient (Wildman–Crippen LogP) is 3.98. The number of carbonyl (C=O) groups is 1. The maximum atomic E-state index is 14.4. The Labute approximate surface area is 203 Å². The van der Waals surface area contributed by atoms with E-state index >= 15 is 0 Å². The standard InChI is InChI=1S/C24H18ClFN8O/c25-18-5-6-32-13-28-19(23(32)22(18)26)3-4-21(35)20-12-34(31-30-20)11-17-10-33-9-16(14-1-2-14)7-15(8-27)24(33)29-17/h5-7,9-10,12-14H,1-4,11H2. The first-order valence-electron chi connectivity index (χ1n) is 11.1. The zero-order valence-electron chi connectivity index (χ0n) is 18.4. The van der Waals surface area contributed by atoms with Crippen LogP contribution >= 0.6 is 11.6 Å². The van der Waals surface area contributed by atoms with E-state index in [2.05, 4.69) is 26.3 Å². The van der Waals surface area contributed by atoms with Gasteiger partial charge in [-0.15, -0.1) is 5.10 Å². The van der Waals surface area contributed by atoms with E-state index in [1.807, 2.05) is 22.9 Å². The number of ketones is 1. The molecule has 0 atom stereocenters. The minimum atomic E-state index is -0.559. The van der Waals surface area contributed by atoms with Crippen LogP contribution in [0.2, 0.25) is 5.02 Å². The number of aryl methyl sites for hydroxylation is 1. The molecule has 1 saturated carbocycles. The van der Waals surface area contributed by atoms with Gasteiger partial charge in [0.15, 0.2) is 17.2 Å². The van der Waals surface area contributed by atoms with Gasteiger partial charge < -0.3 is 8.80 Å². The summed E-state index contributed by atoms with van der Waals surface area (Å²) in [6.45, 7) is 0.307. The van der Waals surface area contributed by atoms with Gasteiger partial charge in [-0.3, -0.25) is 4.79 Å². The van der Waals surface area contributed by atoms with E-state index in [1.54, 1.807) is 12.4 Å². The minimum Gasteiger partial charge on any atom is -0.305 e. The number of aromatic nitrogens is 7. The SMILES string of the molecule is N#Cc1cc(C2CC2)cn2cc(Cn3cc(C(=O)CCc4ncn5ccc(Cl)c(F)c45)nn3)nc12. The molecule has 0 amide bonds. The maximum Gasteiger partial charge on any atom is 0.185 e. The first-order valence-corrected chi connectivity index (χ1v) is 11.5. The molecule has 0 saturated heterocycles. The predicted molar refractivity (Wildman–Crippen MR) is 124 cm³/mol. The molecule has 5 heterocycles. The van der Waals surface area contributed by atoms with Crippen LogP contribution in [0.5, 0.6) is 0 Å². The number of halogens is 2. The molecular formula is C24H18ClFN8O. The zero-order chi connectivity index (χ0) is 24.1. The number of carbonyl (C=O) groups excluding carboxylic acids is 1. The van der Waals surface area contributed by atoms with Crippen molar-refractivity contribution in [2.24, 2.45) is 0 Å². The van der Waals surface area contributed by atoms with Gasteiger partial charge in [0.05, 0.1) is 41.0 Å². The van der Waals surface area contributed by atoms with Crippen LogP contribution in [0.3, 0.4) is 0 Å². The Bertz CT molecular complexity index is 1660. The molecule has 0 radical (unpaired) electrons. The van der Waals surface area contributed by atoms with Crippen molar-refractivity contribution in [3.63, 3.8) is 0 Å². The van der Waals surface area contributed by atoms with E-state index in [9.17, 15) is 14.4 Å². The first kappa shape index (κ1) is 21.4. The molecule has 0 aromatic carbocycles. The minimum absolute atomic E-state index is 0.00567. The van der Waals surface area contributed by atoms with Gasteiger partial charge in [0.2, 0.25) is 0 Å². The van der Waals surface area contributed by atoms with Crippen LogP contribution in [0, 0.1) is 17.1 Å². The lowest BCUT2D eigenvalue weighted by Gasteiger charge is -2.01. The molecule has 5 aromatic heterocycles. The highest BCUT2D eigenvalue weighted by Gasteiger charge is 2.25. The third-order valence-corrected chi connectivity index (χ3v) is 6.49. The van der Waals surface area contributed by atoms with E-state index in [0.29, 0.717) is 35.1 Å². The number of nitrogens with zero attached hydrogens (tertiary/aromatic N) is 8. The van der Waals surface area contributed by atoms with Crippen molar-refractivity contribution in [1.82, 2.24) is 33.8 Å². The number of hydrogen-bond acceptors (Lipinski definition) is 6. The molecule has 1 fully saturated rings. The fourth-order valence-corrected chi connectivity index (χ4v) is 4.41. The Kier molecular flexibility index (Phi) is 5.07. The number of fused-ring (bicyclic) bond motifs is 2. The number of Topliss-reactive ketones (excluding diaryl/α,β-unsaturated/α-hetero) is 1. The van der Waals surface area contributed by atoms with Gasteiger partial charge in [-0.2, -0.15) is 5.26 Å². The molecule has 5 aromatic rings. The monoisotopic (exact) mass is 488 g/mol. The summed E-state index contributed by atoms with van der Waals surface area (Å²) in [5.41, 5.74) is 3.93. The molecule has 35 heavy (non-hydrogen) atoms. The highest BCUT2D eigenvalue weighted by atomic mass is 35.5. The van der Waals surface area contributed by atoms with Crippen LogP contribution in [-0.4, -0.2) is 39.5 Å². The van der Waals surface area contributed by atoms with Crippen molar-refractivity contribution in [3.05, 3.63) is 82.3 Å². The third-order valence-electron chi connectivity index (χ3n) is 6.20. The third kappa shape index (κ3) is 3.94. The Balaban J connectivity index is 1.17. The van der Waals surface area contributed by atoms with E-state index in [-0.39, 0.29) is 34.9 Å². The Morgan fingerprint density at radius 3 is 2.91 bits per heavy atom. The molecule has 0 N–H and O–H groups in total. The van der Waals surface area contributed by atoms with E-state index in [0.717, 1.165) is 18.4 Å². The van der Waals surface area contributed by atoms with Crippen LogP contribution in [0.4, 0.5) is 4.39 Å². The van der Waals surface area contributed by atoms with Gasteiger partial charge >= 0.3 is 0 Å². The fourth-order valence-electron chi connectivity index (χ4n) is 4.27. The lowest BCUT2D eigenvalue weighted by atomic mass is 10.1. The van der Waals surface area contributed by atoms with Crippen LogP contribution in [0.1, 0.15) is 58.2 Å². The van der Waals surface area contributed by atoms with Crippen LogP contribution in [0.15, 0.2) is 43.2 Å². The summed E-state index contributed by atoms with van der Waals surface area (Å²) in [6, 6.07) is 5.60. The van der Waals surface area contributed by atoms with Crippen molar-refractivity contribution >= 4 is 28.5 Å². The number of pyridine rings is 2. The second-order valence-corrected chi connectivity index (χ2v) is 9.09. The zero-order valence-corrected chi connectivity index (χ0v) is 19.2. The summed E-state index contributed by atoms with van der Waals surface area (Å²) >= 11 is 5.88. The van der Waals surface area contributed by atoms with Gasteiger partial charge in [-0.05, 0) is 42.9 Å². The lowest BCUT2D eigenvalue weighted by Crippen LogP contribution is -2.03. The van der Waals surface area contributed by atoms with Crippen molar-refractivity contribution in [2.45, 2.75) is 38.1 Å². The number of rotatable bonds is 7. The average molecular weight is 489 g/mol. The topological polar surface area (TPSA) is 106 Å². The molecule has 0 bridgehead atoms. The van der Waals surface area contributed by atoms with Crippen LogP contribution in [0.25, 0.3) is 11.2 Å². The molecule has 11 heteroatoms. The fraction of sp³-hybridized carbons (Fsp3) is 0.250. The largest absolute Gasteiger partial charge is 0.305 e. The second kappa shape index (κ2) is 8.29. The molecule has 1 aliphatic rings. The molecule has 6 rings (SSSR count). The van der Waals surface area contributed by atoms with Crippen LogP contribution < -0.4 is 0 Å². The van der Waals surface area contributed by atoms with Crippen molar-refractivity contribution in [3.8, 4) is 6.07 Å². The van der Waals surface area contributed by atoms with Gasteiger partial charge in [-0.1, -0.05) is 16.8 Å². The molecule has 0 aliphatic heterocycles. The van der Waals surface area contributed by atoms with Gasteiger partial charge in [0.25, 0.3) is 0 Å². The quantitative estimate of drug-likeness (QED) is 0.321. The Hall–Kier alpha value is -4.10. The van der Waals surface area contributed by atoms with Gasteiger partial charge in [-0.25, -0.2) is 19.0 Å². The molecule has 0 unspecified atom stereocenters. The van der Waals surface area contributed by atoms with E-state index in [4.69, 9.17) is 11.6 Å². The number of imidazole rings is 2. The Morgan fingerprint density at radius 1 is 1.26 bits per heavy atom. The molecule has 174 valence electrons. The van der Waals surface area contributed by atoms with Crippen molar-refractivity contribution in [2.75, 3.05) is 0 Å². The second-order valence-electron chi connectivity index (χ2n) is 8.69. The van der Waals surface area contributed by atoms with Gasteiger partial charge in [0.1, 0.15) is 17.3 Å². The Morgan fingerprint density at radius 2 is 2.11 bits per heavy atom. The summed E-state index contributed by atoms with van der Waals surface area (Å²) in [6.07, 6.45) is 11.2. The highest BCUT2D eigenvalue weighted by Crippen LogP contribution is 2.40. The average Bonchev–Trinajstić information content (AvgIpc) is 3.26. The van der Waals surface area contributed by atoms with Crippen molar-refractivity contribution in [1.29, 1.82) is 5.26 Å². The normalized spacial score (nSPS) is 13.5. The molecule has 1 aliphatic carbocycles. The summed E-state index contributed by atoms with van der Waals surface area (Å²) in [4.78, 5) is 21.5. The molecule has 9 nitrogen and oxygen atoms in total. The summed E-state index contributed by atoms with van der Waals surface area (Å²) in [5, 5.41) is 17.6. The summed E-state index contributed by atoms with van der Waals surface area (Å²) in [7, 11) is 0. The highest BCUT2D eigenvalue weighted by molar-refractivity contribution is 6.31. The van der Waals surface area contributed by atoms with Crippen LogP contribution in [-0.2, 0) is 13.0 Å². The first-order chi connectivity index (χ1) is 17.0. The van der Waals surface area contributed by atoms with E-state index < -0.39 is 5.82 Å². The van der Waals surface area contributed by atoms with Gasteiger partial charge in [0, 0.05) is 25.0 Å². The molecular weight excluding hydrogens is 471 g/mol. The lowest BCUT2D eigenvalue weighted by molar-refractivity contribution is 0.0977. The maximum absolute atomic E-state index is 14.4. The number of hydrogen-bond donors (Lipinski definition) is 0. The molecule has 0 spiro atoms. The summed E-state index contributed by atoms with van der Waals surface area (Å²) < 4.78 is 19.4. The summed E-state index contributed by atoms with van der Waals surface area (Å²) in [5.74, 6) is -0.262. The van der Waals surface area contributed by atoms with Crippen molar-refractivity contribution < 1.29 is 9.18 Å². The van der Waals surface area contributed by atoms with E-state index in [1.165, 1.54) is 21.5 Å². The number of nitriles is 1. The smallest absolute Gasteiger partial charge is 0.185 e.